The predicted octanol–water partition coefficient (Wildman–Crippen LogP) is 6.68. The summed E-state index contributed by atoms with van der Waals surface area (Å²) in [5, 5.41) is 4.11. The van der Waals surface area contributed by atoms with Gasteiger partial charge in [0.25, 0.3) is 0 Å². The lowest BCUT2D eigenvalue weighted by molar-refractivity contribution is 0.565. The molecule has 0 aliphatic carbocycles. The lowest BCUT2D eigenvalue weighted by Gasteiger charge is -2.28. The van der Waals surface area contributed by atoms with Crippen LogP contribution in [0.4, 0.5) is 10.1 Å². The molecule has 4 aromatic rings. The molecule has 5 rings (SSSR count). The van der Waals surface area contributed by atoms with E-state index in [0.717, 1.165) is 29.2 Å². The van der Waals surface area contributed by atoms with Crippen LogP contribution < -0.4 is 10.2 Å². The molecule has 178 valence electrons. The van der Waals surface area contributed by atoms with E-state index < -0.39 is 0 Å². The second kappa shape index (κ2) is 9.27. The number of benzene rings is 2. The van der Waals surface area contributed by atoms with Gasteiger partial charge in [0.05, 0.1) is 23.5 Å². The normalized spacial score (nSPS) is 17.6. The number of pyridine rings is 1. The van der Waals surface area contributed by atoms with Crippen LogP contribution in [0.15, 0.2) is 72.9 Å². The molecule has 35 heavy (non-hydrogen) atoms. The van der Waals surface area contributed by atoms with Crippen LogP contribution in [-0.2, 0) is 6.42 Å². The number of aryl methyl sites for hydroxylation is 3. The van der Waals surface area contributed by atoms with Gasteiger partial charge in [-0.05, 0) is 98.6 Å². The van der Waals surface area contributed by atoms with Crippen molar-refractivity contribution in [1.82, 2.24) is 14.9 Å². The summed E-state index contributed by atoms with van der Waals surface area (Å²) in [5.41, 5.74) is 9.06. The molecular weight excluding hydrogens is 455 g/mol. The Kier molecular flexibility index (Phi) is 6.15. The summed E-state index contributed by atoms with van der Waals surface area (Å²) in [6, 6.07) is 20.9. The summed E-state index contributed by atoms with van der Waals surface area (Å²) < 4.78 is 16.1. The first kappa shape index (κ1) is 23.2. The topological polar surface area (TPSA) is 33.1 Å². The van der Waals surface area contributed by atoms with Crippen LogP contribution in [0.2, 0.25) is 0 Å². The van der Waals surface area contributed by atoms with Crippen LogP contribution in [0.5, 0.6) is 0 Å². The van der Waals surface area contributed by atoms with E-state index in [4.69, 9.17) is 12.2 Å². The smallest absolute Gasteiger partial charge is 0.174 e. The zero-order valence-electron chi connectivity index (χ0n) is 20.4. The van der Waals surface area contributed by atoms with Gasteiger partial charge in [0, 0.05) is 23.3 Å². The number of hydrogen-bond acceptors (Lipinski definition) is 2. The van der Waals surface area contributed by atoms with Crippen molar-refractivity contribution in [3.63, 3.8) is 0 Å². The lowest BCUT2D eigenvalue weighted by Crippen LogP contribution is -2.29. The van der Waals surface area contributed by atoms with Gasteiger partial charge in [-0.3, -0.25) is 4.98 Å². The number of halogens is 1. The van der Waals surface area contributed by atoms with Gasteiger partial charge in [0.2, 0.25) is 0 Å². The van der Waals surface area contributed by atoms with Crippen molar-refractivity contribution in [2.24, 2.45) is 0 Å². The van der Waals surface area contributed by atoms with Gasteiger partial charge < -0.3 is 14.8 Å². The third kappa shape index (κ3) is 4.02. The fourth-order valence-corrected chi connectivity index (χ4v) is 5.65. The third-order valence-corrected chi connectivity index (χ3v) is 7.23. The van der Waals surface area contributed by atoms with E-state index in [0.29, 0.717) is 5.11 Å². The number of thiocarbonyl (C=S) groups is 1. The number of nitrogens with one attached hydrogen (secondary N) is 1. The minimum atomic E-state index is -0.269. The minimum absolute atomic E-state index is 0.142. The SMILES string of the molecule is CCc1cccc(C)c1-n1c(C)cc([C@@H]2[C@@H](c3ccccn3)NC(=S)N2c2ccc(F)cc2)c1C. The second-order valence-corrected chi connectivity index (χ2v) is 9.46. The lowest BCUT2D eigenvalue weighted by atomic mass is 9.96. The minimum Gasteiger partial charge on any atom is -0.351 e. The van der Waals surface area contributed by atoms with Crippen LogP contribution in [-0.4, -0.2) is 14.7 Å². The highest BCUT2D eigenvalue weighted by Gasteiger charge is 2.42. The van der Waals surface area contributed by atoms with Crippen molar-refractivity contribution in [2.75, 3.05) is 4.90 Å². The summed E-state index contributed by atoms with van der Waals surface area (Å²) in [5.74, 6) is -0.269. The average Bonchev–Trinajstić information content (AvgIpc) is 3.35. The molecule has 3 heterocycles. The molecule has 0 radical (unpaired) electrons. The Morgan fingerprint density at radius 2 is 1.77 bits per heavy atom. The highest BCUT2D eigenvalue weighted by atomic mass is 32.1. The maximum absolute atomic E-state index is 13.8. The Balaban J connectivity index is 1.71. The Morgan fingerprint density at radius 3 is 2.46 bits per heavy atom. The number of anilines is 1. The van der Waals surface area contributed by atoms with Crippen LogP contribution in [0.1, 0.15) is 52.8 Å². The summed E-state index contributed by atoms with van der Waals surface area (Å²) in [6.45, 7) is 8.69. The fourth-order valence-electron chi connectivity index (χ4n) is 5.31. The standard InChI is InChI=1S/C29H29FN4S/c1-5-21-10-8-9-18(2)27(21)33-19(3)17-24(20(33)4)28-26(25-11-6-7-16-31-25)32-29(35)34(28)23-14-12-22(30)13-15-23/h6-17,26,28H,5H2,1-4H3,(H,32,35)/t26-,28-/m1/s1. The maximum Gasteiger partial charge on any atom is 0.174 e. The highest BCUT2D eigenvalue weighted by Crippen LogP contribution is 2.44. The molecule has 2 aromatic heterocycles. The number of hydrogen-bond donors (Lipinski definition) is 1. The molecular formula is C29H29FN4S. The van der Waals surface area contributed by atoms with Crippen LogP contribution >= 0.6 is 12.2 Å². The summed E-state index contributed by atoms with van der Waals surface area (Å²) >= 11 is 5.83. The molecule has 4 nitrogen and oxygen atoms in total. The molecule has 2 atom stereocenters. The van der Waals surface area contributed by atoms with Crippen molar-refractivity contribution in [3.8, 4) is 5.69 Å². The largest absolute Gasteiger partial charge is 0.351 e. The van der Waals surface area contributed by atoms with E-state index in [1.165, 1.54) is 34.5 Å². The van der Waals surface area contributed by atoms with Gasteiger partial charge in [0.15, 0.2) is 5.11 Å². The van der Waals surface area contributed by atoms with Crippen LogP contribution in [0.3, 0.4) is 0 Å². The number of rotatable bonds is 5. The van der Waals surface area contributed by atoms with Crippen molar-refractivity contribution in [3.05, 3.63) is 113 Å². The number of nitrogens with zero attached hydrogens (tertiary/aromatic N) is 3. The van der Waals surface area contributed by atoms with E-state index in [9.17, 15) is 4.39 Å². The zero-order chi connectivity index (χ0) is 24.7. The van der Waals surface area contributed by atoms with E-state index in [-0.39, 0.29) is 17.9 Å². The summed E-state index contributed by atoms with van der Waals surface area (Å²) in [7, 11) is 0. The first-order valence-electron chi connectivity index (χ1n) is 11.9. The average molecular weight is 485 g/mol. The predicted molar refractivity (Wildman–Crippen MR) is 144 cm³/mol. The van der Waals surface area contributed by atoms with Crippen LogP contribution in [0, 0.1) is 26.6 Å². The van der Waals surface area contributed by atoms with Gasteiger partial charge in [0.1, 0.15) is 5.82 Å². The van der Waals surface area contributed by atoms with Gasteiger partial charge in [-0.25, -0.2) is 4.39 Å². The molecule has 6 heteroatoms. The molecule has 1 N–H and O–H groups in total. The van der Waals surface area contributed by atoms with E-state index in [1.54, 1.807) is 12.1 Å². The number of para-hydroxylation sites is 1. The van der Waals surface area contributed by atoms with Crippen molar-refractivity contribution in [1.29, 1.82) is 0 Å². The van der Waals surface area contributed by atoms with Gasteiger partial charge >= 0.3 is 0 Å². The fraction of sp³-hybridized carbons (Fsp3) is 0.241. The molecule has 0 bridgehead atoms. The van der Waals surface area contributed by atoms with Gasteiger partial charge in [-0.1, -0.05) is 31.2 Å². The molecule has 1 aliphatic heterocycles. The Morgan fingerprint density at radius 1 is 1.00 bits per heavy atom. The first-order valence-corrected chi connectivity index (χ1v) is 12.4. The Bertz CT molecular complexity index is 1380. The molecule has 1 aliphatic rings. The van der Waals surface area contributed by atoms with E-state index in [1.807, 2.05) is 24.4 Å². The molecule has 0 amide bonds. The highest BCUT2D eigenvalue weighted by molar-refractivity contribution is 7.80. The Labute approximate surface area is 211 Å². The molecule has 0 spiro atoms. The second-order valence-electron chi connectivity index (χ2n) is 9.07. The summed E-state index contributed by atoms with van der Waals surface area (Å²) in [4.78, 5) is 6.75. The molecule has 2 aromatic carbocycles. The summed E-state index contributed by atoms with van der Waals surface area (Å²) in [6.07, 6.45) is 2.76. The van der Waals surface area contributed by atoms with E-state index in [2.05, 4.69) is 71.7 Å². The third-order valence-electron chi connectivity index (χ3n) is 6.92. The molecule has 0 saturated carbocycles. The maximum atomic E-state index is 13.8. The quantitative estimate of drug-likeness (QED) is 0.321. The van der Waals surface area contributed by atoms with Gasteiger partial charge in [-0.2, -0.15) is 0 Å². The first-order chi connectivity index (χ1) is 16.9. The van der Waals surface area contributed by atoms with Crippen LogP contribution in [0.25, 0.3) is 5.69 Å². The molecule has 1 saturated heterocycles. The van der Waals surface area contributed by atoms with E-state index >= 15 is 0 Å². The Hall–Kier alpha value is -3.51. The number of aromatic nitrogens is 2. The van der Waals surface area contributed by atoms with Crippen molar-refractivity contribution < 1.29 is 4.39 Å². The van der Waals surface area contributed by atoms with Gasteiger partial charge in [-0.15, -0.1) is 0 Å². The zero-order valence-corrected chi connectivity index (χ0v) is 21.2. The van der Waals surface area contributed by atoms with Crippen molar-refractivity contribution >= 4 is 23.0 Å². The van der Waals surface area contributed by atoms with Crippen molar-refractivity contribution in [2.45, 2.75) is 46.2 Å². The monoisotopic (exact) mass is 484 g/mol. The molecule has 0 unspecified atom stereocenters. The molecule has 1 fully saturated rings.